The van der Waals surface area contributed by atoms with Gasteiger partial charge in [0.2, 0.25) is 0 Å². The zero-order chi connectivity index (χ0) is 13.8. The number of phenolic OH excluding ortho intramolecular Hbond substituents is 1. The van der Waals surface area contributed by atoms with Gasteiger partial charge in [0.1, 0.15) is 11.4 Å². The van der Waals surface area contributed by atoms with E-state index in [2.05, 4.69) is 20.7 Å². The van der Waals surface area contributed by atoms with Gasteiger partial charge in [0.05, 0.1) is 6.21 Å². The standard InChI is InChI=1S/C12H12N4O3/c1-7-10(14-16-11(7)18)12(19)15-13-6-8-3-2-4-9(17)5-8/h2-6,17H,1H3,(H,15,19)(H2,14,16,18). The topological polar surface area (TPSA) is 110 Å². The van der Waals surface area contributed by atoms with Gasteiger partial charge in [-0.1, -0.05) is 12.1 Å². The molecule has 19 heavy (non-hydrogen) atoms. The molecule has 1 aromatic heterocycles. The average molecular weight is 260 g/mol. The summed E-state index contributed by atoms with van der Waals surface area (Å²) < 4.78 is 0. The molecule has 98 valence electrons. The highest BCUT2D eigenvalue weighted by atomic mass is 16.3. The van der Waals surface area contributed by atoms with Gasteiger partial charge in [-0.15, -0.1) is 0 Å². The van der Waals surface area contributed by atoms with Crippen LogP contribution < -0.4 is 11.0 Å². The molecule has 1 aromatic carbocycles. The number of carbonyl (C=O) groups excluding carboxylic acids is 1. The van der Waals surface area contributed by atoms with Crippen LogP contribution in [0.1, 0.15) is 21.6 Å². The second kappa shape index (κ2) is 5.21. The first-order chi connectivity index (χ1) is 9.08. The molecule has 4 N–H and O–H groups in total. The van der Waals surface area contributed by atoms with Crippen LogP contribution in [0, 0.1) is 6.92 Å². The molecule has 1 amide bonds. The molecule has 0 aliphatic rings. The third-order valence-electron chi connectivity index (χ3n) is 2.49. The van der Waals surface area contributed by atoms with E-state index < -0.39 is 5.91 Å². The maximum atomic E-state index is 11.7. The maximum absolute atomic E-state index is 11.7. The first-order valence-corrected chi connectivity index (χ1v) is 5.47. The summed E-state index contributed by atoms with van der Waals surface area (Å²) in [5, 5.41) is 17.8. The summed E-state index contributed by atoms with van der Waals surface area (Å²) in [6, 6.07) is 6.41. The van der Waals surface area contributed by atoms with Crippen molar-refractivity contribution >= 4 is 12.1 Å². The van der Waals surface area contributed by atoms with Crippen LogP contribution in [0.25, 0.3) is 0 Å². The molecule has 0 bridgehead atoms. The molecule has 0 spiro atoms. The summed E-state index contributed by atoms with van der Waals surface area (Å²) in [4.78, 5) is 22.8. The fourth-order valence-electron chi connectivity index (χ4n) is 1.47. The fraction of sp³-hybridized carbons (Fsp3) is 0.0833. The van der Waals surface area contributed by atoms with E-state index in [-0.39, 0.29) is 17.0 Å². The zero-order valence-electron chi connectivity index (χ0n) is 10.1. The second-order valence-corrected chi connectivity index (χ2v) is 3.87. The number of hydrogen-bond acceptors (Lipinski definition) is 4. The van der Waals surface area contributed by atoms with E-state index in [1.54, 1.807) is 12.1 Å². The van der Waals surface area contributed by atoms with Gasteiger partial charge in [-0.25, -0.2) is 5.43 Å². The van der Waals surface area contributed by atoms with Crippen LogP contribution in [0.2, 0.25) is 0 Å². The molecule has 7 heteroatoms. The SMILES string of the molecule is Cc1c(C(=O)NN=Cc2cccc(O)c2)[nH][nH]c1=O. The average Bonchev–Trinajstić information content (AvgIpc) is 2.70. The van der Waals surface area contributed by atoms with Crippen molar-refractivity contribution in [3.63, 3.8) is 0 Å². The van der Waals surface area contributed by atoms with Gasteiger partial charge in [-0.2, -0.15) is 5.10 Å². The van der Waals surface area contributed by atoms with Crippen molar-refractivity contribution in [2.45, 2.75) is 6.92 Å². The maximum Gasteiger partial charge on any atom is 0.289 e. The van der Waals surface area contributed by atoms with E-state index >= 15 is 0 Å². The highest BCUT2D eigenvalue weighted by Gasteiger charge is 2.12. The quantitative estimate of drug-likeness (QED) is 0.476. The highest BCUT2D eigenvalue weighted by molar-refractivity contribution is 5.94. The van der Waals surface area contributed by atoms with Crippen molar-refractivity contribution in [3.8, 4) is 5.75 Å². The molecule has 0 aliphatic heterocycles. The van der Waals surface area contributed by atoms with E-state index in [0.29, 0.717) is 11.1 Å². The van der Waals surface area contributed by atoms with Gasteiger partial charge < -0.3 is 5.11 Å². The first kappa shape index (κ1) is 12.6. The van der Waals surface area contributed by atoms with Gasteiger partial charge in [0.15, 0.2) is 0 Å². The Morgan fingerprint density at radius 1 is 1.42 bits per heavy atom. The number of phenols is 1. The highest BCUT2D eigenvalue weighted by Crippen LogP contribution is 2.08. The number of benzene rings is 1. The Balaban J connectivity index is 2.05. The molecule has 0 unspecified atom stereocenters. The van der Waals surface area contributed by atoms with Gasteiger partial charge in [-0.3, -0.25) is 19.8 Å². The Kier molecular flexibility index (Phi) is 3.46. The zero-order valence-corrected chi connectivity index (χ0v) is 10.1. The van der Waals surface area contributed by atoms with Crippen molar-refractivity contribution in [2.24, 2.45) is 5.10 Å². The van der Waals surface area contributed by atoms with Gasteiger partial charge in [-0.05, 0) is 24.6 Å². The molecule has 2 rings (SSSR count). The molecule has 0 atom stereocenters. The molecule has 0 saturated heterocycles. The van der Waals surface area contributed by atoms with Crippen molar-refractivity contribution < 1.29 is 9.90 Å². The second-order valence-electron chi connectivity index (χ2n) is 3.87. The molecular weight excluding hydrogens is 248 g/mol. The summed E-state index contributed by atoms with van der Waals surface area (Å²) in [5.74, 6) is -0.409. The summed E-state index contributed by atoms with van der Waals surface area (Å²) >= 11 is 0. The molecule has 0 fully saturated rings. The van der Waals surface area contributed by atoms with Crippen molar-refractivity contribution in [1.29, 1.82) is 0 Å². The summed E-state index contributed by atoms with van der Waals surface area (Å²) in [5.41, 5.74) is 3.01. The number of carbonyl (C=O) groups is 1. The molecule has 1 heterocycles. The minimum Gasteiger partial charge on any atom is -0.508 e. The fourth-order valence-corrected chi connectivity index (χ4v) is 1.47. The van der Waals surface area contributed by atoms with E-state index in [9.17, 15) is 14.7 Å². The van der Waals surface area contributed by atoms with Crippen molar-refractivity contribution in [1.82, 2.24) is 15.6 Å². The molecule has 0 aliphatic carbocycles. The molecule has 0 radical (unpaired) electrons. The molecule has 0 saturated carbocycles. The summed E-state index contributed by atoms with van der Waals surface area (Å²) in [6.07, 6.45) is 1.39. The predicted octanol–water partition coefficient (Wildman–Crippen LogP) is 0.481. The number of H-pyrrole nitrogens is 2. The predicted molar refractivity (Wildman–Crippen MR) is 69.3 cm³/mol. The van der Waals surface area contributed by atoms with Crippen LogP contribution in [0.5, 0.6) is 5.75 Å². The van der Waals surface area contributed by atoms with Gasteiger partial charge >= 0.3 is 0 Å². The lowest BCUT2D eigenvalue weighted by atomic mass is 10.2. The first-order valence-electron chi connectivity index (χ1n) is 5.47. The summed E-state index contributed by atoms with van der Waals surface area (Å²) in [7, 11) is 0. The third kappa shape index (κ3) is 2.89. The van der Waals surface area contributed by atoms with Gasteiger partial charge in [0, 0.05) is 5.56 Å². The molecular formula is C12H12N4O3. The van der Waals surface area contributed by atoms with Crippen LogP contribution >= 0.6 is 0 Å². The number of aromatic hydroxyl groups is 1. The number of nitrogens with one attached hydrogen (secondary N) is 3. The van der Waals surface area contributed by atoms with E-state index in [1.807, 2.05) is 0 Å². The number of rotatable bonds is 3. The molecule has 7 nitrogen and oxygen atoms in total. The lowest BCUT2D eigenvalue weighted by molar-refractivity contribution is 0.0949. The summed E-state index contributed by atoms with van der Waals surface area (Å²) in [6.45, 7) is 1.53. The minimum atomic E-state index is -0.521. The normalized spacial score (nSPS) is 10.8. The Morgan fingerprint density at radius 2 is 2.21 bits per heavy atom. The molecule has 2 aromatic rings. The Labute approximate surface area is 108 Å². The van der Waals surface area contributed by atoms with Crippen molar-refractivity contribution in [3.05, 3.63) is 51.4 Å². The minimum absolute atomic E-state index is 0.112. The number of aromatic nitrogens is 2. The van der Waals surface area contributed by atoms with Crippen LogP contribution in [-0.2, 0) is 0 Å². The lowest BCUT2D eigenvalue weighted by Crippen LogP contribution is -2.19. The Morgan fingerprint density at radius 3 is 2.84 bits per heavy atom. The van der Waals surface area contributed by atoms with Crippen molar-refractivity contribution in [2.75, 3.05) is 0 Å². The van der Waals surface area contributed by atoms with Gasteiger partial charge in [0.25, 0.3) is 11.5 Å². The van der Waals surface area contributed by atoms with Crippen LogP contribution in [0.15, 0.2) is 34.2 Å². The number of hydrazone groups is 1. The largest absolute Gasteiger partial charge is 0.508 e. The number of nitrogens with zero attached hydrogens (tertiary/aromatic N) is 1. The van der Waals surface area contributed by atoms with Crippen LogP contribution in [-0.4, -0.2) is 27.4 Å². The van der Waals surface area contributed by atoms with E-state index in [0.717, 1.165) is 0 Å². The van der Waals surface area contributed by atoms with Crippen LogP contribution in [0.3, 0.4) is 0 Å². The third-order valence-corrected chi connectivity index (χ3v) is 2.49. The monoisotopic (exact) mass is 260 g/mol. The van der Waals surface area contributed by atoms with Crippen LogP contribution in [0.4, 0.5) is 0 Å². The Bertz CT molecular complexity index is 684. The Hall–Kier alpha value is -2.83. The lowest BCUT2D eigenvalue weighted by Gasteiger charge is -1.97. The number of aromatic amines is 2. The van der Waals surface area contributed by atoms with E-state index in [1.165, 1.54) is 25.3 Å². The number of hydrogen-bond donors (Lipinski definition) is 4. The number of amides is 1. The van der Waals surface area contributed by atoms with E-state index in [4.69, 9.17) is 0 Å². The smallest absolute Gasteiger partial charge is 0.289 e.